The zero-order valence-electron chi connectivity index (χ0n) is 37.3. The largest absolute Gasteiger partial charge is 0.310 e. The quantitative estimate of drug-likeness (QED) is 0.151. The van der Waals surface area contributed by atoms with Crippen molar-refractivity contribution in [3.63, 3.8) is 0 Å². The van der Waals surface area contributed by atoms with Crippen LogP contribution in [0.25, 0.3) is 77.1 Å². The molecular formula is C66H44N2. The first-order chi connectivity index (χ1) is 33.7. The van der Waals surface area contributed by atoms with Gasteiger partial charge in [-0.1, -0.05) is 218 Å². The van der Waals surface area contributed by atoms with Crippen molar-refractivity contribution in [1.29, 1.82) is 0 Å². The Morgan fingerprint density at radius 1 is 0.294 bits per heavy atom. The second-order valence-electron chi connectivity index (χ2n) is 17.8. The van der Waals surface area contributed by atoms with E-state index in [0.29, 0.717) is 0 Å². The molecule has 0 N–H and O–H groups in total. The predicted molar refractivity (Wildman–Crippen MR) is 285 cm³/mol. The smallest absolute Gasteiger partial charge is 0.0794 e. The Bertz CT molecular complexity index is 3820. The molecule has 2 heteroatoms. The van der Waals surface area contributed by atoms with Crippen LogP contribution in [-0.4, -0.2) is 4.98 Å². The molecule has 12 aromatic rings. The third-order valence-corrected chi connectivity index (χ3v) is 14.1. The topological polar surface area (TPSA) is 16.1 Å². The van der Waals surface area contributed by atoms with E-state index in [9.17, 15) is 0 Å². The fourth-order valence-electron chi connectivity index (χ4n) is 11.1. The van der Waals surface area contributed by atoms with Crippen molar-refractivity contribution >= 4 is 49.5 Å². The van der Waals surface area contributed by atoms with Crippen molar-refractivity contribution in [3.8, 4) is 44.6 Å². The lowest BCUT2D eigenvalue weighted by Gasteiger charge is -2.35. The number of hydrogen-bond acceptors (Lipinski definition) is 2. The second kappa shape index (κ2) is 16.2. The Kier molecular flexibility index (Phi) is 9.43. The number of nitrogens with zero attached hydrogens (tertiary/aromatic N) is 2. The van der Waals surface area contributed by atoms with Gasteiger partial charge in [0.25, 0.3) is 0 Å². The SMILES string of the molecule is c1ccc(-c2ccc(-c3nc4ccccc4cc3-c3cccc(N(c4ccc5c(c4)C(c4ccccc4)(c4ccccc4)c4ccccc4-5)c4ccc5ccccc5c4)c3)c3ccccc23)cc1. The van der Waals surface area contributed by atoms with Crippen molar-refractivity contribution in [2.45, 2.75) is 5.41 Å². The van der Waals surface area contributed by atoms with Crippen molar-refractivity contribution in [2.75, 3.05) is 4.90 Å². The summed E-state index contributed by atoms with van der Waals surface area (Å²) in [6.45, 7) is 0. The fourth-order valence-corrected chi connectivity index (χ4v) is 11.1. The normalized spacial score (nSPS) is 12.5. The van der Waals surface area contributed by atoms with E-state index in [1.807, 2.05) is 0 Å². The first-order valence-electron chi connectivity index (χ1n) is 23.4. The Morgan fingerprint density at radius 3 is 1.62 bits per heavy atom. The van der Waals surface area contributed by atoms with Gasteiger partial charge in [-0.15, -0.1) is 0 Å². The molecule has 0 bridgehead atoms. The molecule has 1 aliphatic carbocycles. The Morgan fingerprint density at radius 2 is 0.838 bits per heavy atom. The molecular weight excluding hydrogens is 821 g/mol. The molecule has 2 nitrogen and oxygen atoms in total. The average Bonchev–Trinajstić information content (AvgIpc) is 3.71. The van der Waals surface area contributed by atoms with E-state index in [1.54, 1.807) is 0 Å². The average molecular weight is 865 g/mol. The highest BCUT2D eigenvalue weighted by Gasteiger charge is 2.46. The van der Waals surface area contributed by atoms with E-state index in [2.05, 4.69) is 272 Å². The number of para-hydroxylation sites is 1. The molecule has 1 heterocycles. The minimum absolute atomic E-state index is 0.536. The van der Waals surface area contributed by atoms with E-state index >= 15 is 0 Å². The first-order valence-corrected chi connectivity index (χ1v) is 23.4. The monoisotopic (exact) mass is 864 g/mol. The number of fused-ring (bicyclic) bond motifs is 6. The number of pyridine rings is 1. The van der Waals surface area contributed by atoms with Gasteiger partial charge < -0.3 is 4.90 Å². The summed E-state index contributed by atoms with van der Waals surface area (Å²) in [6, 6.07) is 97.5. The van der Waals surface area contributed by atoms with E-state index in [1.165, 1.54) is 66.1 Å². The third kappa shape index (κ3) is 6.37. The van der Waals surface area contributed by atoms with Crippen molar-refractivity contribution in [2.24, 2.45) is 0 Å². The summed E-state index contributed by atoms with van der Waals surface area (Å²) in [5.74, 6) is 0. The number of hydrogen-bond donors (Lipinski definition) is 0. The lowest BCUT2D eigenvalue weighted by atomic mass is 9.67. The second-order valence-corrected chi connectivity index (χ2v) is 17.8. The van der Waals surface area contributed by atoms with Gasteiger partial charge in [-0.05, 0) is 120 Å². The summed E-state index contributed by atoms with van der Waals surface area (Å²) in [6.07, 6.45) is 0. The summed E-state index contributed by atoms with van der Waals surface area (Å²) in [4.78, 5) is 7.96. The van der Waals surface area contributed by atoms with Crippen LogP contribution in [0.4, 0.5) is 17.1 Å². The van der Waals surface area contributed by atoms with Gasteiger partial charge in [0, 0.05) is 33.6 Å². The number of benzene rings is 11. The number of rotatable bonds is 8. The summed E-state index contributed by atoms with van der Waals surface area (Å²) >= 11 is 0. The van der Waals surface area contributed by atoms with Crippen LogP contribution >= 0.6 is 0 Å². The van der Waals surface area contributed by atoms with Gasteiger partial charge >= 0.3 is 0 Å². The molecule has 0 saturated carbocycles. The van der Waals surface area contributed by atoms with Crippen molar-refractivity contribution in [3.05, 3.63) is 289 Å². The van der Waals surface area contributed by atoms with Gasteiger partial charge in [-0.3, -0.25) is 0 Å². The van der Waals surface area contributed by atoms with E-state index in [4.69, 9.17) is 4.98 Å². The van der Waals surface area contributed by atoms with Crippen LogP contribution < -0.4 is 4.90 Å². The lowest BCUT2D eigenvalue weighted by Crippen LogP contribution is -2.28. The third-order valence-electron chi connectivity index (χ3n) is 14.1. The van der Waals surface area contributed by atoms with E-state index < -0.39 is 5.41 Å². The Labute approximate surface area is 396 Å². The molecule has 0 fully saturated rings. The summed E-state index contributed by atoms with van der Waals surface area (Å²) < 4.78 is 0. The van der Waals surface area contributed by atoms with Gasteiger partial charge in [-0.25, -0.2) is 4.98 Å². The highest BCUT2D eigenvalue weighted by Crippen LogP contribution is 2.57. The molecule has 318 valence electrons. The van der Waals surface area contributed by atoms with Crippen LogP contribution in [0.2, 0.25) is 0 Å². The van der Waals surface area contributed by atoms with Crippen LogP contribution in [0, 0.1) is 0 Å². The Hall–Kier alpha value is -8.85. The molecule has 0 amide bonds. The molecule has 13 rings (SSSR count). The number of anilines is 3. The zero-order valence-corrected chi connectivity index (χ0v) is 37.3. The molecule has 0 radical (unpaired) electrons. The maximum absolute atomic E-state index is 5.52. The summed E-state index contributed by atoms with van der Waals surface area (Å²) in [5, 5.41) is 5.87. The van der Waals surface area contributed by atoms with Gasteiger partial charge in [0.1, 0.15) is 0 Å². The minimum Gasteiger partial charge on any atom is -0.310 e. The predicted octanol–water partition coefficient (Wildman–Crippen LogP) is 17.4. The van der Waals surface area contributed by atoms with Crippen LogP contribution in [0.15, 0.2) is 267 Å². The molecule has 0 atom stereocenters. The van der Waals surface area contributed by atoms with Crippen LogP contribution in [0.5, 0.6) is 0 Å². The van der Waals surface area contributed by atoms with E-state index in [0.717, 1.165) is 50.3 Å². The van der Waals surface area contributed by atoms with Crippen molar-refractivity contribution < 1.29 is 0 Å². The highest BCUT2D eigenvalue weighted by molar-refractivity contribution is 6.07. The van der Waals surface area contributed by atoms with Crippen LogP contribution in [0.1, 0.15) is 22.3 Å². The molecule has 1 aliphatic rings. The maximum atomic E-state index is 5.52. The summed E-state index contributed by atoms with van der Waals surface area (Å²) in [5.41, 5.74) is 17.9. The Balaban J connectivity index is 1.04. The minimum atomic E-state index is -0.536. The summed E-state index contributed by atoms with van der Waals surface area (Å²) in [7, 11) is 0. The van der Waals surface area contributed by atoms with Gasteiger partial charge in [0.2, 0.25) is 0 Å². The van der Waals surface area contributed by atoms with E-state index in [-0.39, 0.29) is 0 Å². The molecule has 1 aromatic heterocycles. The molecule has 0 spiro atoms. The lowest BCUT2D eigenvalue weighted by molar-refractivity contribution is 0.768. The molecule has 0 unspecified atom stereocenters. The van der Waals surface area contributed by atoms with Gasteiger partial charge in [0.05, 0.1) is 16.6 Å². The fraction of sp³-hybridized carbons (Fsp3) is 0.0152. The van der Waals surface area contributed by atoms with Crippen LogP contribution in [-0.2, 0) is 5.41 Å². The first kappa shape index (κ1) is 39.5. The molecule has 68 heavy (non-hydrogen) atoms. The van der Waals surface area contributed by atoms with Crippen LogP contribution in [0.3, 0.4) is 0 Å². The van der Waals surface area contributed by atoms with Gasteiger partial charge in [0.15, 0.2) is 0 Å². The standard InChI is InChI=1S/C66H44N2/c1-4-20-46(21-5-1)55-39-40-60(57-31-14-13-30-56(55)57)65-61(43-49-23-12-17-34-64(49)67-65)48-24-18-29-52(42-48)68(53-36-35-45-19-10-11-22-47(45)41-53)54-37-38-59-58-32-15-16-33-62(58)66(63(59)44-54,50-25-6-2-7-26-50)51-27-8-3-9-28-51/h1-44H. The molecule has 0 aliphatic heterocycles. The van der Waals surface area contributed by atoms with Gasteiger partial charge in [-0.2, -0.15) is 0 Å². The number of aromatic nitrogens is 1. The highest BCUT2D eigenvalue weighted by atomic mass is 15.1. The molecule has 0 saturated heterocycles. The maximum Gasteiger partial charge on any atom is 0.0794 e. The van der Waals surface area contributed by atoms with Crippen molar-refractivity contribution in [1.82, 2.24) is 4.98 Å². The zero-order chi connectivity index (χ0) is 45.0. The molecule has 11 aromatic carbocycles.